The number of carbonyl (C=O) groups is 1. The van der Waals surface area contributed by atoms with Crippen LogP contribution in [0.1, 0.15) is 42.6 Å². The van der Waals surface area contributed by atoms with Gasteiger partial charge in [0.15, 0.2) is 0 Å². The van der Waals surface area contributed by atoms with Crippen LogP contribution in [0.5, 0.6) is 0 Å². The van der Waals surface area contributed by atoms with Crippen LogP contribution < -0.4 is 4.90 Å². The van der Waals surface area contributed by atoms with Crippen LogP contribution in [0.4, 0.5) is 10.2 Å². The highest BCUT2D eigenvalue weighted by Gasteiger charge is 2.49. The van der Waals surface area contributed by atoms with Gasteiger partial charge in [0, 0.05) is 37.8 Å². The van der Waals surface area contributed by atoms with Crippen molar-refractivity contribution in [3.63, 3.8) is 0 Å². The van der Waals surface area contributed by atoms with E-state index in [0.29, 0.717) is 24.7 Å². The van der Waals surface area contributed by atoms with Gasteiger partial charge in [0.2, 0.25) is 5.91 Å². The van der Waals surface area contributed by atoms with Crippen LogP contribution in [0, 0.1) is 31.5 Å². The summed E-state index contributed by atoms with van der Waals surface area (Å²) in [4.78, 5) is 26.9. The summed E-state index contributed by atoms with van der Waals surface area (Å²) in [6.07, 6.45) is 6.33. The molecule has 30 heavy (non-hydrogen) atoms. The Labute approximate surface area is 177 Å². The molecule has 4 heterocycles. The van der Waals surface area contributed by atoms with E-state index in [9.17, 15) is 9.18 Å². The average Bonchev–Trinajstić information content (AvgIpc) is 2.73. The Morgan fingerprint density at radius 1 is 1.20 bits per heavy atom. The van der Waals surface area contributed by atoms with E-state index in [1.165, 1.54) is 6.07 Å². The number of anilines is 1. The van der Waals surface area contributed by atoms with Crippen LogP contribution in [0.3, 0.4) is 0 Å². The first-order chi connectivity index (χ1) is 14.5. The number of piperidine rings is 3. The lowest BCUT2D eigenvalue weighted by molar-refractivity contribution is -0.148. The van der Waals surface area contributed by atoms with E-state index in [4.69, 9.17) is 4.98 Å². The topological polar surface area (TPSA) is 49.3 Å². The lowest BCUT2D eigenvalue weighted by atomic mass is 9.70. The Balaban J connectivity index is 1.49. The highest BCUT2D eigenvalue weighted by molar-refractivity contribution is 5.78. The van der Waals surface area contributed by atoms with Crippen LogP contribution in [-0.2, 0) is 11.2 Å². The van der Waals surface area contributed by atoms with Gasteiger partial charge in [-0.25, -0.2) is 9.37 Å². The summed E-state index contributed by atoms with van der Waals surface area (Å²) in [5, 5.41) is 0. The summed E-state index contributed by atoms with van der Waals surface area (Å²) in [6, 6.07) is 7.24. The quantitative estimate of drug-likeness (QED) is 0.777. The molecule has 5 nitrogen and oxygen atoms in total. The molecule has 158 valence electrons. The van der Waals surface area contributed by atoms with E-state index >= 15 is 0 Å². The molecule has 3 aliphatic rings. The van der Waals surface area contributed by atoms with Gasteiger partial charge in [-0.15, -0.1) is 0 Å². The van der Waals surface area contributed by atoms with E-state index in [1.54, 1.807) is 12.1 Å². The monoisotopic (exact) mass is 408 g/mol. The molecule has 0 aliphatic carbocycles. The van der Waals surface area contributed by atoms with Gasteiger partial charge in [-0.2, -0.15) is 0 Å². The fraction of sp³-hybridized carbons (Fsp3) is 0.542. The number of amides is 1. The second-order valence-corrected chi connectivity index (χ2v) is 9.24. The largest absolute Gasteiger partial charge is 0.354 e. The second-order valence-electron chi connectivity index (χ2n) is 9.24. The van der Waals surface area contributed by atoms with Crippen molar-refractivity contribution in [1.29, 1.82) is 0 Å². The summed E-state index contributed by atoms with van der Waals surface area (Å²) < 4.78 is 13.8. The molecular formula is C24H29FN4O. The smallest absolute Gasteiger partial charge is 0.223 e. The zero-order valence-electron chi connectivity index (χ0n) is 17.7. The Hall–Kier alpha value is -2.50. The Bertz CT molecular complexity index is 964. The summed E-state index contributed by atoms with van der Waals surface area (Å²) in [7, 11) is 0. The maximum Gasteiger partial charge on any atom is 0.223 e. The molecule has 3 saturated heterocycles. The fourth-order valence-corrected chi connectivity index (χ4v) is 5.94. The van der Waals surface area contributed by atoms with Gasteiger partial charge in [-0.1, -0.05) is 12.1 Å². The first-order valence-electron chi connectivity index (χ1n) is 11.1. The molecule has 3 aliphatic heterocycles. The molecule has 2 aromatic rings. The van der Waals surface area contributed by atoms with Crippen molar-refractivity contribution in [3.05, 3.63) is 53.2 Å². The van der Waals surface area contributed by atoms with Crippen molar-refractivity contribution in [2.45, 2.75) is 58.0 Å². The van der Waals surface area contributed by atoms with Crippen molar-refractivity contribution in [1.82, 2.24) is 14.9 Å². The molecule has 1 aromatic carbocycles. The first kappa shape index (κ1) is 19.5. The second kappa shape index (κ2) is 7.64. The Kier molecular flexibility index (Phi) is 4.95. The number of rotatable bonds is 3. The number of benzene rings is 1. The van der Waals surface area contributed by atoms with Crippen LogP contribution in [0.15, 0.2) is 30.5 Å². The molecule has 0 radical (unpaired) electrons. The first-order valence-corrected chi connectivity index (χ1v) is 11.1. The van der Waals surface area contributed by atoms with Crippen LogP contribution >= 0.6 is 0 Å². The number of halogens is 1. The van der Waals surface area contributed by atoms with Gasteiger partial charge >= 0.3 is 0 Å². The normalized spacial score (nSPS) is 28.4. The number of nitrogens with zero attached hydrogens (tertiary/aromatic N) is 4. The summed E-state index contributed by atoms with van der Waals surface area (Å²) >= 11 is 0. The maximum atomic E-state index is 13.8. The number of hydrogen-bond acceptors (Lipinski definition) is 4. The van der Waals surface area contributed by atoms with Crippen molar-refractivity contribution >= 4 is 11.7 Å². The van der Waals surface area contributed by atoms with Crippen molar-refractivity contribution in [2.24, 2.45) is 11.8 Å². The Morgan fingerprint density at radius 3 is 2.87 bits per heavy atom. The predicted octanol–water partition coefficient (Wildman–Crippen LogP) is 3.68. The average molecular weight is 409 g/mol. The zero-order valence-corrected chi connectivity index (χ0v) is 17.7. The molecule has 6 heteroatoms. The van der Waals surface area contributed by atoms with Gasteiger partial charge in [0.05, 0.1) is 11.4 Å². The fourth-order valence-electron chi connectivity index (χ4n) is 5.94. The highest BCUT2D eigenvalue weighted by atomic mass is 19.1. The number of aromatic nitrogens is 2. The third-order valence-electron chi connectivity index (χ3n) is 7.18. The highest BCUT2D eigenvalue weighted by Crippen LogP contribution is 2.43. The molecule has 2 bridgehead atoms. The summed E-state index contributed by atoms with van der Waals surface area (Å²) in [6.45, 7) is 5.80. The third kappa shape index (κ3) is 3.46. The van der Waals surface area contributed by atoms with E-state index in [2.05, 4.69) is 14.8 Å². The van der Waals surface area contributed by atoms with Crippen molar-refractivity contribution in [2.75, 3.05) is 18.0 Å². The van der Waals surface area contributed by atoms with Crippen molar-refractivity contribution in [3.8, 4) is 0 Å². The summed E-state index contributed by atoms with van der Waals surface area (Å²) in [5.41, 5.74) is 2.86. The number of carbonyl (C=O) groups excluding carboxylic acids is 1. The van der Waals surface area contributed by atoms with Gasteiger partial charge in [-0.05, 0) is 69.1 Å². The molecule has 4 atom stereocenters. The number of fused-ring (bicyclic) bond motifs is 4. The SMILES string of the molecule is Cc1cnc(C)c(N2C[C@H]3C[C@@H](C2)[C@H](Cc2cccc(F)c2)N2C(=O)CCC[C@@H]32)n1. The standard InChI is InChI=1S/C24H29FN4O/c1-15-12-26-16(2)24(27-15)28-13-18-11-19(14-28)22(10-17-5-3-6-20(25)9-17)29-21(18)7-4-8-23(29)30/h3,5-6,9,12,18-19,21-22H,4,7-8,10-11,13-14H2,1-2H3/t18-,19+,21+,22+/m1/s1. The van der Waals surface area contributed by atoms with Crippen LogP contribution in [0.25, 0.3) is 0 Å². The van der Waals surface area contributed by atoms with Crippen LogP contribution in [-0.4, -0.2) is 45.9 Å². The van der Waals surface area contributed by atoms with Crippen LogP contribution in [0.2, 0.25) is 0 Å². The van der Waals surface area contributed by atoms with E-state index in [-0.39, 0.29) is 23.8 Å². The molecule has 0 unspecified atom stereocenters. The van der Waals surface area contributed by atoms with Gasteiger partial charge in [0.1, 0.15) is 11.6 Å². The summed E-state index contributed by atoms with van der Waals surface area (Å²) in [5.74, 6) is 1.86. The minimum Gasteiger partial charge on any atom is -0.354 e. The van der Waals surface area contributed by atoms with Gasteiger partial charge in [-0.3, -0.25) is 9.78 Å². The lowest BCUT2D eigenvalue weighted by Crippen LogP contribution is -2.65. The molecule has 0 spiro atoms. The van der Waals surface area contributed by atoms with E-state index < -0.39 is 0 Å². The molecule has 1 amide bonds. The maximum absolute atomic E-state index is 13.8. The minimum absolute atomic E-state index is 0.113. The minimum atomic E-state index is -0.210. The molecule has 5 rings (SSSR count). The lowest BCUT2D eigenvalue weighted by Gasteiger charge is -2.57. The van der Waals surface area contributed by atoms with Gasteiger partial charge in [0.25, 0.3) is 0 Å². The van der Waals surface area contributed by atoms with E-state index in [0.717, 1.165) is 55.1 Å². The van der Waals surface area contributed by atoms with Gasteiger partial charge < -0.3 is 9.80 Å². The molecule has 0 saturated carbocycles. The molecule has 1 aromatic heterocycles. The Morgan fingerprint density at radius 2 is 2.03 bits per heavy atom. The predicted molar refractivity (Wildman–Crippen MR) is 114 cm³/mol. The molecule has 3 fully saturated rings. The number of aryl methyl sites for hydroxylation is 2. The third-order valence-corrected chi connectivity index (χ3v) is 7.18. The molecule has 0 N–H and O–H groups in total. The molecular weight excluding hydrogens is 379 g/mol. The zero-order chi connectivity index (χ0) is 20.8. The van der Waals surface area contributed by atoms with E-state index in [1.807, 2.05) is 26.1 Å². The number of hydrogen-bond donors (Lipinski definition) is 0. The van der Waals surface area contributed by atoms with Crippen molar-refractivity contribution < 1.29 is 9.18 Å².